The van der Waals surface area contributed by atoms with Gasteiger partial charge in [0.1, 0.15) is 0 Å². The van der Waals surface area contributed by atoms with Crippen LogP contribution in [0.5, 0.6) is 0 Å². The van der Waals surface area contributed by atoms with Gasteiger partial charge in [0.25, 0.3) is 0 Å². The Hall–Kier alpha value is -1.36. The molecule has 5 heteroatoms. The second-order valence-electron chi connectivity index (χ2n) is 5.66. The van der Waals surface area contributed by atoms with Gasteiger partial charge in [-0.05, 0) is 18.1 Å². The van der Waals surface area contributed by atoms with Gasteiger partial charge in [0.15, 0.2) is 5.96 Å². The lowest BCUT2D eigenvalue weighted by molar-refractivity contribution is 0.451. The molecule has 0 radical (unpaired) electrons. The lowest BCUT2D eigenvalue weighted by Crippen LogP contribution is -2.43. The van der Waals surface area contributed by atoms with Gasteiger partial charge in [-0.3, -0.25) is 4.99 Å². The predicted octanol–water partition coefficient (Wildman–Crippen LogP) is 2.49. The van der Waals surface area contributed by atoms with Crippen LogP contribution in [0.25, 0.3) is 0 Å². The molecule has 1 aromatic rings. The molecule has 3 N–H and O–H groups in total. The van der Waals surface area contributed by atoms with Crippen molar-refractivity contribution in [2.75, 3.05) is 36.5 Å². The molecule has 1 atom stereocenters. The molecule has 2 rings (SSSR count). The minimum absolute atomic E-state index is 0.296. The number of aliphatic imine (C=N–C) groups is 1. The fourth-order valence-corrected chi connectivity index (χ4v) is 3.16. The van der Waals surface area contributed by atoms with Crippen molar-refractivity contribution in [2.24, 2.45) is 16.6 Å². The number of nitrogens with two attached hydrogens (primary N) is 1. The van der Waals surface area contributed by atoms with Gasteiger partial charge in [0.05, 0.1) is 6.54 Å². The molecule has 0 amide bonds. The Morgan fingerprint density at radius 1 is 1.29 bits per heavy atom. The molecule has 0 aromatic heterocycles. The van der Waals surface area contributed by atoms with Crippen LogP contribution < -0.4 is 11.1 Å². The molecule has 1 saturated heterocycles. The number of thioether (sulfide) groups is 1. The highest BCUT2D eigenvalue weighted by Crippen LogP contribution is 2.13. The van der Waals surface area contributed by atoms with Crippen molar-refractivity contribution in [1.29, 1.82) is 0 Å². The zero-order valence-corrected chi connectivity index (χ0v) is 13.8. The molecule has 4 nitrogen and oxygen atoms in total. The maximum Gasteiger partial charge on any atom is 0.191 e. The molecule has 1 aliphatic rings. The maximum absolute atomic E-state index is 6.13. The smallest absolute Gasteiger partial charge is 0.191 e. The summed E-state index contributed by atoms with van der Waals surface area (Å²) in [5.41, 5.74) is 7.27. The predicted molar refractivity (Wildman–Crippen MR) is 94.1 cm³/mol. The lowest BCUT2D eigenvalue weighted by Gasteiger charge is -2.28. The van der Waals surface area contributed by atoms with E-state index in [1.807, 2.05) is 30.0 Å². The molecular formula is C16H26N4S. The summed E-state index contributed by atoms with van der Waals surface area (Å²) in [5.74, 6) is 3.48. The second-order valence-corrected chi connectivity index (χ2v) is 6.88. The number of anilines is 1. The van der Waals surface area contributed by atoms with Crippen molar-refractivity contribution in [3.63, 3.8) is 0 Å². The van der Waals surface area contributed by atoms with Crippen LogP contribution in [0, 0.1) is 5.92 Å². The standard InChI is InChI=1S/C16H26N4S/c1-13(2)15(19-14-6-4-3-5-7-14)12-18-16(17)20-8-10-21-11-9-20/h3-7,13,15,19H,8-12H2,1-2H3,(H2,17,18). The number of benzene rings is 1. The summed E-state index contributed by atoms with van der Waals surface area (Å²) in [6.45, 7) is 7.16. The third-order valence-corrected chi connectivity index (χ3v) is 4.66. The summed E-state index contributed by atoms with van der Waals surface area (Å²) >= 11 is 1.98. The van der Waals surface area contributed by atoms with Crippen molar-refractivity contribution in [3.05, 3.63) is 30.3 Å². The molecule has 0 saturated carbocycles. The Morgan fingerprint density at radius 2 is 1.95 bits per heavy atom. The van der Waals surface area contributed by atoms with Gasteiger partial charge in [0, 0.05) is 36.3 Å². The summed E-state index contributed by atoms with van der Waals surface area (Å²) in [4.78, 5) is 6.81. The van der Waals surface area contributed by atoms with Crippen molar-refractivity contribution < 1.29 is 0 Å². The topological polar surface area (TPSA) is 53.6 Å². The van der Waals surface area contributed by atoms with E-state index in [0.717, 1.165) is 30.3 Å². The fraction of sp³-hybridized carbons (Fsp3) is 0.562. The highest BCUT2D eigenvalue weighted by atomic mass is 32.2. The van der Waals surface area contributed by atoms with E-state index in [9.17, 15) is 0 Å². The van der Waals surface area contributed by atoms with E-state index in [4.69, 9.17) is 5.73 Å². The third kappa shape index (κ3) is 5.16. The average molecular weight is 306 g/mol. The molecule has 1 heterocycles. The number of nitrogens with zero attached hydrogens (tertiary/aromatic N) is 2. The molecule has 1 aliphatic heterocycles. The van der Waals surface area contributed by atoms with Crippen LogP contribution >= 0.6 is 11.8 Å². The minimum Gasteiger partial charge on any atom is -0.380 e. The Balaban J connectivity index is 1.93. The van der Waals surface area contributed by atoms with Crippen molar-refractivity contribution >= 4 is 23.4 Å². The highest BCUT2D eigenvalue weighted by molar-refractivity contribution is 7.99. The summed E-state index contributed by atoms with van der Waals surface area (Å²) in [5, 5.41) is 3.55. The lowest BCUT2D eigenvalue weighted by atomic mass is 10.0. The first-order chi connectivity index (χ1) is 10.2. The number of rotatable bonds is 5. The second kappa shape index (κ2) is 8.17. The Bertz CT molecular complexity index is 441. The van der Waals surface area contributed by atoms with E-state index in [-0.39, 0.29) is 0 Å². The van der Waals surface area contributed by atoms with E-state index in [0.29, 0.717) is 24.5 Å². The van der Waals surface area contributed by atoms with Crippen LogP contribution in [0.1, 0.15) is 13.8 Å². The SMILES string of the molecule is CC(C)C(CN=C(N)N1CCSCC1)Nc1ccccc1. The van der Waals surface area contributed by atoms with Gasteiger partial charge in [-0.15, -0.1) is 0 Å². The van der Waals surface area contributed by atoms with Crippen LogP contribution in [0.4, 0.5) is 5.69 Å². The van der Waals surface area contributed by atoms with Crippen LogP contribution in [0.15, 0.2) is 35.3 Å². The summed E-state index contributed by atoms with van der Waals surface area (Å²) in [6.07, 6.45) is 0. The summed E-state index contributed by atoms with van der Waals surface area (Å²) in [6, 6.07) is 10.6. The molecular weight excluding hydrogens is 280 g/mol. The van der Waals surface area contributed by atoms with Gasteiger partial charge in [-0.1, -0.05) is 32.0 Å². The van der Waals surface area contributed by atoms with Crippen molar-refractivity contribution in [2.45, 2.75) is 19.9 Å². The highest BCUT2D eigenvalue weighted by Gasteiger charge is 2.15. The van der Waals surface area contributed by atoms with Gasteiger partial charge in [-0.25, -0.2) is 0 Å². The maximum atomic E-state index is 6.13. The number of nitrogens with one attached hydrogen (secondary N) is 1. The molecule has 0 bridgehead atoms. The van der Waals surface area contributed by atoms with E-state index in [1.54, 1.807) is 0 Å². The van der Waals surface area contributed by atoms with E-state index >= 15 is 0 Å². The first kappa shape index (κ1) is 16.0. The Kier molecular flexibility index (Phi) is 6.23. The summed E-state index contributed by atoms with van der Waals surface area (Å²) < 4.78 is 0. The minimum atomic E-state index is 0.296. The van der Waals surface area contributed by atoms with Crippen LogP contribution in [-0.2, 0) is 0 Å². The summed E-state index contributed by atoms with van der Waals surface area (Å²) in [7, 11) is 0. The first-order valence-electron chi connectivity index (χ1n) is 7.61. The van der Waals surface area contributed by atoms with Crippen LogP contribution in [-0.4, -0.2) is 48.0 Å². The molecule has 1 aromatic carbocycles. The molecule has 1 unspecified atom stereocenters. The van der Waals surface area contributed by atoms with Gasteiger partial charge in [-0.2, -0.15) is 11.8 Å². The van der Waals surface area contributed by atoms with Crippen LogP contribution in [0.3, 0.4) is 0 Å². The van der Waals surface area contributed by atoms with Gasteiger partial charge < -0.3 is 16.0 Å². The number of para-hydroxylation sites is 1. The normalized spacial score (nSPS) is 17.9. The molecule has 0 spiro atoms. The average Bonchev–Trinajstić information content (AvgIpc) is 2.52. The Morgan fingerprint density at radius 3 is 2.57 bits per heavy atom. The van der Waals surface area contributed by atoms with Crippen molar-refractivity contribution in [1.82, 2.24) is 4.90 Å². The third-order valence-electron chi connectivity index (χ3n) is 3.72. The quantitative estimate of drug-likeness (QED) is 0.648. The number of hydrogen-bond donors (Lipinski definition) is 2. The number of hydrogen-bond acceptors (Lipinski definition) is 3. The van der Waals surface area contributed by atoms with Gasteiger partial charge in [0.2, 0.25) is 0 Å². The largest absolute Gasteiger partial charge is 0.380 e. The monoisotopic (exact) mass is 306 g/mol. The van der Waals surface area contributed by atoms with Crippen molar-refractivity contribution in [3.8, 4) is 0 Å². The molecule has 116 valence electrons. The number of guanidine groups is 1. The molecule has 1 fully saturated rings. The molecule has 0 aliphatic carbocycles. The first-order valence-corrected chi connectivity index (χ1v) is 8.76. The van der Waals surface area contributed by atoms with E-state index in [2.05, 4.69) is 41.2 Å². The zero-order valence-electron chi connectivity index (χ0n) is 13.0. The van der Waals surface area contributed by atoms with E-state index in [1.165, 1.54) is 0 Å². The Labute approximate surface area is 132 Å². The van der Waals surface area contributed by atoms with E-state index < -0.39 is 0 Å². The fourth-order valence-electron chi connectivity index (χ4n) is 2.26. The molecule has 21 heavy (non-hydrogen) atoms. The van der Waals surface area contributed by atoms with Gasteiger partial charge >= 0.3 is 0 Å². The van der Waals surface area contributed by atoms with Crippen LogP contribution in [0.2, 0.25) is 0 Å². The zero-order chi connectivity index (χ0) is 15.1.